The summed E-state index contributed by atoms with van der Waals surface area (Å²) < 4.78 is 29.2. The van der Waals surface area contributed by atoms with Crippen molar-refractivity contribution >= 4 is 32.3 Å². The highest BCUT2D eigenvalue weighted by molar-refractivity contribution is 7.90. The van der Waals surface area contributed by atoms with Gasteiger partial charge in [0.05, 0.1) is 11.3 Å². The van der Waals surface area contributed by atoms with Crippen LogP contribution in [0.2, 0.25) is 0 Å². The quantitative estimate of drug-likeness (QED) is 0.673. The molecule has 144 valence electrons. The highest BCUT2D eigenvalue weighted by atomic mass is 32.2. The van der Waals surface area contributed by atoms with Crippen molar-refractivity contribution in [3.63, 3.8) is 0 Å². The topological polar surface area (TPSA) is 78.8 Å². The van der Waals surface area contributed by atoms with Crippen LogP contribution in [0.5, 0.6) is 5.75 Å². The maximum atomic E-state index is 12.6. The third-order valence-corrected chi connectivity index (χ3v) is 6.31. The van der Waals surface area contributed by atoms with Gasteiger partial charge in [0.1, 0.15) is 10.6 Å². The zero-order valence-corrected chi connectivity index (χ0v) is 16.6. The molecule has 0 amide bonds. The molecule has 2 N–H and O–H groups in total. The van der Waals surface area contributed by atoms with Crippen LogP contribution in [0.3, 0.4) is 0 Å². The van der Waals surface area contributed by atoms with Crippen molar-refractivity contribution < 1.29 is 13.5 Å². The number of fused-ring (bicyclic) bond motifs is 2. The molecule has 1 heterocycles. The van der Waals surface area contributed by atoms with E-state index < -0.39 is 10.0 Å². The van der Waals surface area contributed by atoms with Crippen LogP contribution < -0.4 is 5.32 Å². The number of para-hydroxylation sites is 1. The van der Waals surface area contributed by atoms with E-state index >= 15 is 0 Å². The van der Waals surface area contributed by atoms with Gasteiger partial charge in [-0.05, 0) is 47.9 Å². The van der Waals surface area contributed by atoms with Crippen molar-refractivity contribution in [2.45, 2.75) is 31.6 Å². The molecule has 0 spiro atoms. The van der Waals surface area contributed by atoms with E-state index in [1.165, 1.54) is 6.07 Å². The maximum absolute atomic E-state index is 12.6. The van der Waals surface area contributed by atoms with Crippen molar-refractivity contribution in [3.8, 4) is 5.75 Å². The molecule has 6 heteroatoms. The lowest BCUT2D eigenvalue weighted by Gasteiger charge is -2.20. The Morgan fingerprint density at radius 3 is 2.46 bits per heavy atom. The molecule has 0 fully saturated rings. The molecule has 0 saturated carbocycles. The van der Waals surface area contributed by atoms with E-state index in [4.69, 9.17) is 0 Å². The molecular formula is C22H22N2O3S. The Bertz CT molecular complexity index is 1200. The molecule has 0 saturated heterocycles. The zero-order valence-electron chi connectivity index (χ0n) is 15.8. The zero-order chi connectivity index (χ0) is 19.9. The lowest BCUT2D eigenvalue weighted by atomic mass is 9.94. The second kappa shape index (κ2) is 6.95. The molecule has 0 unspecified atom stereocenters. The second-order valence-electron chi connectivity index (χ2n) is 7.45. The van der Waals surface area contributed by atoms with Gasteiger partial charge in [0.25, 0.3) is 10.0 Å². The van der Waals surface area contributed by atoms with Gasteiger partial charge in [-0.3, -0.25) is 0 Å². The number of amidine groups is 1. The number of aryl methyl sites for hydroxylation is 1. The molecule has 4 rings (SSSR count). The SMILES string of the molecule is CC(C)CCc1cc(C2=NS(=O)(=O)c3ccccc3N2)c(O)c2ccccc12. The molecule has 0 aliphatic carbocycles. The summed E-state index contributed by atoms with van der Waals surface area (Å²) in [6, 6.07) is 16.1. The summed E-state index contributed by atoms with van der Waals surface area (Å²) in [7, 11) is -3.83. The van der Waals surface area contributed by atoms with Gasteiger partial charge in [-0.1, -0.05) is 50.2 Å². The highest BCUT2D eigenvalue weighted by Gasteiger charge is 2.27. The van der Waals surface area contributed by atoms with Gasteiger partial charge in [-0.25, -0.2) is 0 Å². The summed E-state index contributed by atoms with van der Waals surface area (Å²) in [6.45, 7) is 4.33. The average molecular weight is 394 g/mol. The number of benzene rings is 3. The molecule has 1 aliphatic rings. The molecule has 0 bridgehead atoms. The fourth-order valence-electron chi connectivity index (χ4n) is 3.50. The number of phenolic OH excluding ortho intramolecular Hbond substituents is 1. The lowest BCUT2D eigenvalue weighted by molar-refractivity contribution is 0.480. The van der Waals surface area contributed by atoms with E-state index in [0.29, 0.717) is 22.6 Å². The summed E-state index contributed by atoms with van der Waals surface area (Å²) in [6.07, 6.45) is 1.83. The van der Waals surface area contributed by atoms with E-state index in [0.717, 1.165) is 23.8 Å². The van der Waals surface area contributed by atoms with Gasteiger partial charge in [0, 0.05) is 5.39 Å². The third-order valence-electron chi connectivity index (χ3n) is 4.98. The molecule has 1 aliphatic heterocycles. The monoisotopic (exact) mass is 394 g/mol. The number of hydrogen-bond acceptors (Lipinski definition) is 4. The van der Waals surface area contributed by atoms with E-state index in [-0.39, 0.29) is 16.5 Å². The first-order valence-corrected chi connectivity index (χ1v) is 10.8. The third kappa shape index (κ3) is 3.24. The Morgan fingerprint density at radius 1 is 1.04 bits per heavy atom. The average Bonchev–Trinajstić information content (AvgIpc) is 2.67. The minimum atomic E-state index is -3.83. The van der Waals surface area contributed by atoms with E-state index in [2.05, 4.69) is 23.6 Å². The predicted octanol–water partition coefficient (Wildman–Crippen LogP) is 4.70. The molecule has 0 atom stereocenters. The van der Waals surface area contributed by atoms with Crippen molar-refractivity contribution in [1.29, 1.82) is 0 Å². The first-order valence-electron chi connectivity index (χ1n) is 9.32. The molecule has 0 aromatic heterocycles. The molecule has 0 radical (unpaired) electrons. The van der Waals surface area contributed by atoms with Gasteiger partial charge >= 0.3 is 0 Å². The van der Waals surface area contributed by atoms with Gasteiger partial charge in [0.2, 0.25) is 0 Å². The van der Waals surface area contributed by atoms with Crippen LogP contribution in [-0.4, -0.2) is 19.4 Å². The number of hydrogen-bond donors (Lipinski definition) is 2. The molecular weight excluding hydrogens is 372 g/mol. The van der Waals surface area contributed by atoms with Crippen molar-refractivity contribution in [2.24, 2.45) is 10.3 Å². The van der Waals surface area contributed by atoms with Gasteiger partial charge in [-0.2, -0.15) is 8.42 Å². The van der Waals surface area contributed by atoms with Crippen LogP contribution in [0.25, 0.3) is 10.8 Å². The fourth-order valence-corrected chi connectivity index (χ4v) is 4.63. The number of nitrogens with zero attached hydrogens (tertiary/aromatic N) is 1. The molecule has 28 heavy (non-hydrogen) atoms. The van der Waals surface area contributed by atoms with Crippen LogP contribution >= 0.6 is 0 Å². The Labute approximate surface area is 164 Å². The summed E-state index contributed by atoms with van der Waals surface area (Å²) in [5, 5.41) is 15.7. The van der Waals surface area contributed by atoms with Crippen LogP contribution in [-0.2, 0) is 16.4 Å². The Balaban J connectivity index is 1.90. The number of rotatable bonds is 4. The summed E-state index contributed by atoms with van der Waals surface area (Å²) in [5.41, 5.74) is 1.93. The van der Waals surface area contributed by atoms with E-state index in [1.54, 1.807) is 18.2 Å². The molecule has 3 aromatic carbocycles. The van der Waals surface area contributed by atoms with Crippen LogP contribution in [0.15, 0.2) is 63.9 Å². The summed E-state index contributed by atoms with van der Waals surface area (Å²) in [4.78, 5) is 0.138. The Kier molecular flexibility index (Phi) is 4.59. The molecule has 3 aromatic rings. The van der Waals surface area contributed by atoms with Crippen LogP contribution in [0, 0.1) is 5.92 Å². The van der Waals surface area contributed by atoms with Gasteiger partial charge in [-0.15, -0.1) is 4.40 Å². The first-order chi connectivity index (χ1) is 13.4. The van der Waals surface area contributed by atoms with Gasteiger partial charge in [0.15, 0.2) is 5.84 Å². The molecule has 5 nitrogen and oxygen atoms in total. The minimum absolute atomic E-state index is 0.0322. The highest BCUT2D eigenvalue weighted by Crippen LogP contribution is 2.36. The largest absolute Gasteiger partial charge is 0.507 e. The number of sulfonamides is 1. The number of anilines is 1. The lowest BCUT2D eigenvalue weighted by Crippen LogP contribution is -2.22. The minimum Gasteiger partial charge on any atom is -0.507 e. The van der Waals surface area contributed by atoms with Crippen LogP contribution in [0.4, 0.5) is 5.69 Å². The Morgan fingerprint density at radius 2 is 1.71 bits per heavy atom. The standard InChI is InChI=1S/C22H22N2O3S/c1-14(2)11-12-15-13-18(21(25)17-8-4-3-7-16(15)17)22-23-19-9-5-6-10-20(19)28(26,27)24-22/h3-10,13-14,25H,11-12H2,1-2H3,(H,23,24). The fraction of sp³-hybridized carbons (Fsp3) is 0.227. The summed E-state index contributed by atoms with van der Waals surface area (Å²) >= 11 is 0. The number of phenols is 1. The number of aromatic hydroxyl groups is 1. The predicted molar refractivity (Wildman–Crippen MR) is 113 cm³/mol. The summed E-state index contributed by atoms with van der Waals surface area (Å²) in [5.74, 6) is 0.714. The number of nitrogens with one attached hydrogen (secondary N) is 1. The first kappa shape index (κ1) is 18.5. The smallest absolute Gasteiger partial charge is 0.286 e. The Hall–Kier alpha value is -2.86. The van der Waals surface area contributed by atoms with Crippen LogP contribution in [0.1, 0.15) is 31.4 Å². The van der Waals surface area contributed by atoms with Crippen molar-refractivity contribution in [2.75, 3.05) is 5.32 Å². The normalized spacial score (nSPS) is 15.2. The second-order valence-corrected chi connectivity index (χ2v) is 9.02. The van der Waals surface area contributed by atoms with Crippen molar-refractivity contribution in [3.05, 3.63) is 65.7 Å². The van der Waals surface area contributed by atoms with Gasteiger partial charge < -0.3 is 10.4 Å². The van der Waals surface area contributed by atoms with Crippen molar-refractivity contribution in [1.82, 2.24) is 0 Å². The van der Waals surface area contributed by atoms with E-state index in [9.17, 15) is 13.5 Å². The maximum Gasteiger partial charge on any atom is 0.286 e. The van der Waals surface area contributed by atoms with E-state index in [1.807, 2.05) is 30.3 Å².